The fourth-order valence-corrected chi connectivity index (χ4v) is 2.62. The maximum atomic E-state index is 12.5. The first-order chi connectivity index (χ1) is 8.68. The standard InChI is InChI=1S/C12H21N5O/c1-3-4-12(5-7-13-8-6-12)10(18)16-11-14-9-15-17(11)2/h9,13H,3-8H2,1-2H3,(H,14,15,16,18). The van der Waals surface area contributed by atoms with Crippen LogP contribution < -0.4 is 10.6 Å². The number of nitrogens with one attached hydrogen (secondary N) is 2. The van der Waals surface area contributed by atoms with Crippen molar-refractivity contribution in [1.29, 1.82) is 0 Å². The quantitative estimate of drug-likeness (QED) is 0.835. The van der Waals surface area contributed by atoms with Crippen molar-refractivity contribution in [2.24, 2.45) is 12.5 Å². The number of hydrogen-bond acceptors (Lipinski definition) is 4. The first kappa shape index (κ1) is 13.0. The van der Waals surface area contributed by atoms with Crippen LogP contribution >= 0.6 is 0 Å². The van der Waals surface area contributed by atoms with Crippen molar-refractivity contribution in [3.63, 3.8) is 0 Å². The monoisotopic (exact) mass is 251 g/mol. The zero-order chi connectivity index (χ0) is 13.0. The molecule has 1 aromatic rings. The van der Waals surface area contributed by atoms with Gasteiger partial charge in [-0.2, -0.15) is 10.1 Å². The van der Waals surface area contributed by atoms with Gasteiger partial charge in [-0.05, 0) is 32.4 Å². The third kappa shape index (κ3) is 2.53. The minimum absolute atomic E-state index is 0.0851. The average molecular weight is 251 g/mol. The summed E-state index contributed by atoms with van der Waals surface area (Å²) < 4.78 is 1.58. The third-order valence-electron chi connectivity index (χ3n) is 3.71. The van der Waals surface area contributed by atoms with Crippen LogP contribution in [-0.4, -0.2) is 33.8 Å². The molecule has 0 aliphatic carbocycles. The zero-order valence-electron chi connectivity index (χ0n) is 11.1. The molecule has 0 radical (unpaired) electrons. The van der Waals surface area contributed by atoms with Crippen LogP contribution in [0.1, 0.15) is 32.6 Å². The lowest BCUT2D eigenvalue weighted by molar-refractivity contribution is -0.127. The minimum Gasteiger partial charge on any atom is -0.317 e. The molecule has 1 saturated heterocycles. The Morgan fingerprint density at radius 3 is 2.83 bits per heavy atom. The van der Waals surface area contributed by atoms with Crippen LogP contribution in [-0.2, 0) is 11.8 Å². The highest BCUT2D eigenvalue weighted by Crippen LogP contribution is 2.35. The number of amides is 1. The molecule has 1 aliphatic heterocycles. The molecule has 0 saturated carbocycles. The van der Waals surface area contributed by atoms with E-state index in [4.69, 9.17) is 0 Å². The van der Waals surface area contributed by atoms with Crippen LogP contribution in [0.25, 0.3) is 0 Å². The first-order valence-corrected chi connectivity index (χ1v) is 6.54. The molecule has 6 nitrogen and oxygen atoms in total. The van der Waals surface area contributed by atoms with E-state index in [2.05, 4.69) is 27.6 Å². The van der Waals surface area contributed by atoms with E-state index in [-0.39, 0.29) is 11.3 Å². The molecule has 2 N–H and O–H groups in total. The van der Waals surface area contributed by atoms with Gasteiger partial charge in [0.1, 0.15) is 6.33 Å². The van der Waals surface area contributed by atoms with E-state index in [1.54, 1.807) is 11.7 Å². The summed E-state index contributed by atoms with van der Waals surface area (Å²) in [6, 6.07) is 0. The summed E-state index contributed by atoms with van der Waals surface area (Å²) in [5.41, 5.74) is -0.244. The second-order valence-corrected chi connectivity index (χ2v) is 4.94. The predicted octanol–water partition coefficient (Wildman–Crippen LogP) is 0.923. The van der Waals surface area contributed by atoms with E-state index >= 15 is 0 Å². The number of carbonyl (C=O) groups excluding carboxylic acids is 1. The molecule has 1 fully saturated rings. The van der Waals surface area contributed by atoms with Crippen molar-refractivity contribution in [2.45, 2.75) is 32.6 Å². The fourth-order valence-electron chi connectivity index (χ4n) is 2.62. The predicted molar refractivity (Wildman–Crippen MR) is 69.1 cm³/mol. The van der Waals surface area contributed by atoms with Gasteiger partial charge in [-0.15, -0.1) is 0 Å². The van der Waals surface area contributed by atoms with Gasteiger partial charge in [0, 0.05) is 7.05 Å². The van der Waals surface area contributed by atoms with Crippen molar-refractivity contribution in [2.75, 3.05) is 18.4 Å². The molecule has 0 spiro atoms. The van der Waals surface area contributed by atoms with Gasteiger partial charge in [0.15, 0.2) is 0 Å². The molecule has 0 unspecified atom stereocenters. The van der Waals surface area contributed by atoms with Crippen LogP contribution in [0.4, 0.5) is 5.95 Å². The van der Waals surface area contributed by atoms with Gasteiger partial charge >= 0.3 is 0 Å². The summed E-state index contributed by atoms with van der Waals surface area (Å²) in [5.74, 6) is 0.607. The summed E-state index contributed by atoms with van der Waals surface area (Å²) in [7, 11) is 1.78. The molecule has 2 rings (SSSR count). The third-order valence-corrected chi connectivity index (χ3v) is 3.71. The summed E-state index contributed by atoms with van der Waals surface area (Å²) in [6.07, 6.45) is 5.18. The molecule has 2 heterocycles. The van der Waals surface area contributed by atoms with Crippen LogP contribution in [0, 0.1) is 5.41 Å². The lowest BCUT2D eigenvalue weighted by Crippen LogP contribution is -2.45. The maximum absolute atomic E-state index is 12.5. The highest BCUT2D eigenvalue weighted by molar-refractivity contribution is 5.94. The Hall–Kier alpha value is -1.43. The van der Waals surface area contributed by atoms with Gasteiger partial charge in [-0.3, -0.25) is 10.1 Å². The molecule has 0 atom stereocenters. The van der Waals surface area contributed by atoms with E-state index < -0.39 is 0 Å². The number of anilines is 1. The molecule has 1 amide bonds. The summed E-state index contributed by atoms with van der Waals surface area (Å²) in [6.45, 7) is 3.94. The van der Waals surface area contributed by atoms with Gasteiger partial charge < -0.3 is 5.32 Å². The lowest BCUT2D eigenvalue weighted by Gasteiger charge is -2.35. The number of nitrogens with zero attached hydrogens (tertiary/aromatic N) is 3. The molecule has 100 valence electrons. The van der Waals surface area contributed by atoms with E-state index in [0.717, 1.165) is 38.8 Å². The summed E-state index contributed by atoms with van der Waals surface area (Å²) in [4.78, 5) is 16.6. The van der Waals surface area contributed by atoms with Crippen molar-refractivity contribution >= 4 is 11.9 Å². The van der Waals surface area contributed by atoms with E-state index in [1.165, 1.54) is 6.33 Å². The van der Waals surface area contributed by atoms with E-state index in [9.17, 15) is 4.79 Å². The summed E-state index contributed by atoms with van der Waals surface area (Å²) in [5, 5.41) is 10.2. The Labute approximate surface area is 107 Å². The fraction of sp³-hybridized carbons (Fsp3) is 0.750. The van der Waals surface area contributed by atoms with E-state index in [0.29, 0.717) is 5.95 Å². The molecular formula is C12H21N5O. The van der Waals surface area contributed by atoms with Gasteiger partial charge in [0.2, 0.25) is 11.9 Å². The Bertz CT molecular complexity index is 403. The Balaban J connectivity index is 2.11. The topological polar surface area (TPSA) is 71.8 Å². The SMILES string of the molecule is CCCC1(C(=O)Nc2ncnn2C)CCNCC1. The maximum Gasteiger partial charge on any atom is 0.233 e. The number of aromatic nitrogens is 3. The molecule has 1 aromatic heterocycles. The highest BCUT2D eigenvalue weighted by Gasteiger charge is 2.38. The lowest BCUT2D eigenvalue weighted by atomic mass is 9.74. The second-order valence-electron chi connectivity index (χ2n) is 4.94. The molecule has 0 aromatic carbocycles. The Morgan fingerprint density at radius 1 is 1.56 bits per heavy atom. The largest absolute Gasteiger partial charge is 0.317 e. The van der Waals surface area contributed by atoms with Gasteiger partial charge in [-0.1, -0.05) is 13.3 Å². The van der Waals surface area contributed by atoms with Crippen molar-refractivity contribution in [3.05, 3.63) is 6.33 Å². The Morgan fingerprint density at radius 2 is 2.28 bits per heavy atom. The number of rotatable bonds is 4. The number of carbonyl (C=O) groups is 1. The van der Waals surface area contributed by atoms with Gasteiger partial charge in [-0.25, -0.2) is 4.68 Å². The molecule has 18 heavy (non-hydrogen) atoms. The zero-order valence-corrected chi connectivity index (χ0v) is 11.1. The van der Waals surface area contributed by atoms with Crippen molar-refractivity contribution < 1.29 is 4.79 Å². The normalized spacial score (nSPS) is 18.6. The molecule has 0 bridgehead atoms. The van der Waals surface area contributed by atoms with Crippen LogP contribution in [0.3, 0.4) is 0 Å². The molecular weight excluding hydrogens is 230 g/mol. The first-order valence-electron chi connectivity index (χ1n) is 6.54. The van der Waals surface area contributed by atoms with Crippen LogP contribution in [0.15, 0.2) is 6.33 Å². The number of aryl methyl sites for hydroxylation is 1. The molecule has 6 heteroatoms. The average Bonchev–Trinajstić information content (AvgIpc) is 2.76. The smallest absolute Gasteiger partial charge is 0.233 e. The highest BCUT2D eigenvalue weighted by atomic mass is 16.2. The van der Waals surface area contributed by atoms with Gasteiger partial charge in [0.05, 0.1) is 5.41 Å². The van der Waals surface area contributed by atoms with Gasteiger partial charge in [0.25, 0.3) is 0 Å². The van der Waals surface area contributed by atoms with Crippen molar-refractivity contribution in [3.8, 4) is 0 Å². The van der Waals surface area contributed by atoms with E-state index in [1.807, 2.05) is 0 Å². The molecule has 1 aliphatic rings. The van der Waals surface area contributed by atoms with Crippen molar-refractivity contribution in [1.82, 2.24) is 20.1 Å². The van der Waals surface area contributed by atoms with Crippen LogP contribution in [0.5, 0.6) is 0 Å². The summed E-state index contributed by atoms with van der Waals surface area (Å²) >= 11 is 0. The Kier molecular flexibility index (Phi) is 3.96. The second kappa shape index (κ2) is 5.48. The number of piperidine rings is 1. The number of hydrogen-bond donors (Lipinski definition) is 2. The van der Waals surface area contributed by atoms with Crippen LogP contribution in [0.2, 0.25) is 0 Å². The minimum atomic E-state index is -0.244.